The van der Waals surface area contributed by atoms with Crippen molar-refractivity contribution >= 4 is 15.5 Å². The fourth-order valence-corrected chi connectivity index (χ4v) is 2.80. The van der Waals surface area contributed by atoms with Crippen LogP contribution in [0.1, 0.15) is 0 Å². The molecule has 1 aliphatic rings. The smallest absolute Gasteiger partial charge is 0.341 e. The molecule has 0 aliphatic carbocycles. The summed E-state index contributed by atoms with van der Waals surface area (Å²) in [6, 6.07) is 5.01. The molecule has 1 aromatic carbocycles. The Balaban J connectivity index is 2.24. The lowest BCUT2D eigenvalue weighted by Crippen LogP contribution is -2.47. The minimum atomic E-state index is -4.57. The van der Waals surface area contributed by atoms with Gasteiger partial charge in [0.05, 0.1) is 30.8 Å². The van der Waals surface area contributed by atoms with Gasteiger partial charge in [-0.2, -0.15) is 8.78 Å². The van der Waals surface area contributed by atoms with Gasteiger partial charge < -0.3 is 14.7 Å². The lowest BCUT2D eigenvalue weighted by molar-refractivity contribution is 0.0727. The van der Waals surface area contributed by atoms with Crippen molar-refractivity contribution in [1.82, 2.24) is 0 Å². The van der Waals surface area contributed by atoms with Gasteiger partial charge >= 0.3 is 5.76 Å². The first kappa shape index (κ1) is 15.1. The van der Waals surface area contributed by atoms with E-state index in [0.717, 1.165) is 12.1 Å². The lowest BCUT2D eigenvalue weighted by atomic mass is 10.2. The summed E-state index contributed by atoms with van der Waals surface area (Å²) in [4.78, 5) is 1.45. The molecule has 0 saturated carbocycles. The van der Waals surface area contributed by atoms with Crippen molar-refractivity contribution in [3.63, 3.8) is 0 Å². The molecule has 2 rings (SSSR count). The van der Waals surface area contributed by atoms with E-state index in [-0.39, 0.29) is 12.6 Å². The van der Waals surface area contributed by atoms with Gasteiger partial charge in [-0.05, 0) is 24.3 Å². The van der Waals surface area contributed by atoms with E-state index >= 15 is 0 Å². The molecule has 0 bridgehead atoms. The maximum Gasteiger partial charge on any atom is 0.341 e. The molecule has 112 valence electrons. The molecule has 8 heteroatoms. The van der Waals surface area contributed by atoms with Crippen molar-refractivity contribution in [2.75, 3.05) is 31.3 Å². The maximum atomic E-state index is 12.4. The number of ether oxygens (including phenoxy) is 1. The van der Waals surface area contributed by atoms with Gasteiger partial charge in [0.2, 0.25) is 9.84 Å². The topological polar surface area (TPSA) is 66.8 Å². The Morgan fingerprint density at radius 3 is 2.55 bits per heavy atom. The average molecular weight is 307 g/mol. The monoisotopic (exact) mass is 307 g/mol. The first-order chi connectivity index (χ1) is 9.46. The van der Waals surface area contributed by atoms with Crippen LogP contribution < -0.4 is 4.90 Å². The third-order valence-corrected chi connectivity index (χ3v) is 4.57. The van der Waals surface area contributed by atoms with Crippen LogP contribution in [0.4, 0.5) is 14.5 Å². The van der Waals surface area contributed by atoms with Crippen LogP contribution in [0.3, 0.4) is 0 Å². The molecular weight excluding hydrogens is 292 g/mol. The highest BCUT2D eigenvalue weighted by molar-refractivity contribution is 7.91. The van der Waals surface area contributed by atoms with Gasteiger partial charge in [0, 0.05) is 12.2 Å². The number of nitrogens with zero attached hydrogens (tertiary/aromatic N) is 1. The van der Waals surface area contributed by atoms with E-state index in [1.54, 1.807) is 0 Å². The van der Waals surface area contributed by atoms with Crippen LogP contribution in [0.2, 0.25) is 0 Å². The van der Waals surface area contributed by atoms with Crippen LogP contribution in [-0.4, -0.2) is 51.7 Å². The maximum absolute atomic E-state index is 12.4. The normalized spacial score (nSPS) is 20.4. The first-order valence-corrected chi connectivity index (χ1v) is 7.59. The van der Waals surface area contributed by atoms with Crippen LogP contribution in [0, 0.1) is 0 Å². The van der Waals surface area contributed by atoms with Crippen LogP contribution in [0.15, 0.2) is 29.2 Å². The Labute approximate surface area is 115 Å². The van der Waals surface area contributed by atoms with Crippen LogP contribution in [0.25, 0.3) is 0 Å². The predicted molar refractivity (Wildman–Crippen MR) is 68.7 cm³/mol. The van der Waals surface area contributed by atoms with Gasteiger partial charge in [-0.15, -0.1) is 0 Å². The van der Waals surface area contributed by atoms with Gasteiger partial charge in [-0.3, -0.25) is 0 Å². The van der Waals surface area contributed by atoms with Crippen molar-refractivity contribution in [3.8, 4) is 0 Å². The highest BCUT2D eigenvalue weighted by Crippen LogP contribution is 2.24. The fourth-order valence-electron chi connectivity index (χ4n) is 2.08. The Kier molecular flexibility index (Phi) is 4.56. The number of halogens is 2. The van der Waals surface area contributed by atoms with Crippen molar-refractivity contribution in [3.05, 3.63) is 24.3 Å². The van der Waals surface area contributed by atoms with E-state index in [1.165, 1.54) is 12.1 Å². The number of aliphatic hydroxyl groups is 1. The molecule has 0 radical (unpaired) electrons. The van der Waals surface area contributed by atoms with E-state index in [4.69, 9.17) is 4.74 Å². The molecule has 1 aromatic rings. The van der Waals surface area contributed by atoms with Crippen molar-refractivity contribution in [2.45, 2.75) is 16.7 Å². The van der Waals surface area contributed by atoms with E-state index in [2.05, 4.69) is 0 Å². The predicted octanol–water partition coefficient (Wildman–Crippen LogP) is 0.880. The zero-order valence-electron chi connectivity index (χ0n) is 10.6. The molecule has 0 spiro atoms. The zero-order chi connectivity index (χ0) is 14.8. The third kappa shape index (κ3) is 2.92. The van der Waals surface area contributed by atoms with E-state index < -0.39 is 20.5 Å². The van der Waals surface area contributed by atoms with Crippen molar-refractivity contribution in [2.24, 2.45) is 0 Å². The fraction of sp³-hybridized carbons (Fsp3) is 0.500. The van der Waals surface area contributed by atoms with Gasteiger partial charge in [0.1, 0.15) is 0 Å². The molecular formula is C12H15F2NO4S. The number of hydrogen-bond acceptors (Lipinski definition) is 5. The highest BCUT2D eigenvalue weighted by Gasteiger charge is 2.27. The number of sulfone groups is 1. The molecule has 1 unspecified atom stereocenters. The Hall–Kier alpha value is -1.25. The second kappa shape index (κ2) is 6.02. The van der Waals surface area contributed by atoms with Gasteiger partial charge in [0.15, 0.2) is 0 Å². The second-order valence-corrected chi connectivity index (χ2v) is 6.32. The van der Waals surface area contributed by atoms with E-state index in [0.29, 0.717) is 25.4 Å². The van der Waals surface area contributed by atoms with Gasteiger partial charge in [0.25, 0.3) is 0 Å². The number of rotatable bonds is 4. The summed E-state index contributed by atoms with van der Waals surface area (Å²) in [5, 5.41) is 9.26. The minimum absolute atomic E-state index is 0.100. The summed E-state index contributed by atoms with van der Waals surface area (Å²) in [7, 11) is -4.57. The average Bonchev–Trinajstić information content (AvgIpc) is 2.47. The standard InChI is InChI=1S/C12H15F2NO4S/c13-12(14)20(17,18)11-3-1-9(2-4-11)15-5-6-19-8-10(15)7-16/h1-4,10,12,16H,5-8H2. The van der Waals surface area contributed by atoms with Gasteiger partial charge in [-0.25, -0.2) is 8.42 Å². The second-order valence-electron chi connectivity index (χ2n) is 4.40. The summed E-state index contributed by atoms with van der Waals surface area (Å²) in [6.07, 6.45) is 0. The largest absolute Gasteiger partial charge is 0.394 e. The Morgan fingerprint density at radius 2 is 2.00 bits per heavy atom. The van der Waals surface area contributed by atoms with Gasteiger partial charge in [-0.1, -0.05) is 0 Å². The molecule has 1 atom stereocenters. The van der Waals surface area contributed by atoms with E-state index in [1.807, 2.05) is 4.90 Å². The number of benzene rings is 1. The molecule has 0 amide bonds. The minimum Gasteiger partial charge on any atom is -0.394 e. The molecule has 20 heavy (non-hydrogen) atoms. The van der Waals surface area contributed by atoms with Crippen LogP contribution >= 0.6 is 0 Å². The first-order valence-electron chi connectivity index (χ1n) is 6.04. The van der Waals surface area contributed by atoms with Crippen molar-refractivity contribution < 1.29 is 27.0 Å². The number of alkyl halides is 2. The summed E-state index contributed by atoms with van der Waals surface area (Å²) in [6.45, 7) is 1.31. The number of hydrogen-bond donors (Lipinski definition) is 1. The molecule has 1 saturated heterocycles. The summed E-state index contributed by atoms with van der Waals surface area (Å²) >= 11 is 0. The molecule has 1 heterocycles. The summed E-state index contributed by atoms with van der Waals surface area (Å²) < 4.78 is 52.7. The van der Waals surface area contributed by atoms with E-state index in [9.17, 15) is 22.3 Å². The Bertz CT molecular complexity index is 547. The SMILES string of the molecule is O=S(=O)(c1ccc(N2CCOCC2CO)cc1)C(F)F. The third-order valence-electron chi connectivity index (χ3n) is 3.17. The molecule has 1 N–H and O–H groups in total. The molecule has 1 fully saturated rings. The highest BCUT2D eigenvalue weighted by atomic mass is 32.2. The number of anilines is 1. The summed E-state index contributed by atoms with van der Waals surface area (Å²) in [5.41, 5.74) is 0.667. The lowest BCUT2D eigenvalue weighted by Gasteiger charge is -2.36. The van der Waals surface area contributed by atoms with Crippen molar-refractivity contribution in [1.29, 1.82) is 0 Å². The molecule has 1 aliphatic heterocycles. The van der Waals surface area contributed by atoms with Crippen LogP contribution in [-0.2, 0) is 14.6 Å². The number of aliphatic hydroxyl groups excluding tert-OH is 1. The Morgan fingerprint density at radius 1 is 1.35 bits per heavy atom. The zero-order valence-corrected chi connectivity index (χ0v) is 11.4. The molecule has 5 nitrogen and oxygen atoms in total. The molecule has 0 aromatic heterocycles. The quantitative estimate of drug-likeness (QED) is 0.894. The number of morpholine rings is 1. The summed E-state index contributed by atoms with van der Waals surface area (Å²) in [5.74, 6) is -3.43. The van der Waals surface area contributed by atoms with Crippen LogP contribution in [0.5, 0.6) is 0 Å².